The molecule has 100 valence electrons. The van der Waals surface area contributed by atoms with Crippen molar-refractivity contribution >= 4 is 0 Å². The van der Waals surface area contributed by atoms with E-state index in [2.05, 4.69) is 19.1 Å². The van der Waals surface area contributed by atoms with Gasteiger partial charge in [-0.2, -0.15) is 0 Å². The molecule has 18 heavy (non-hydrogen) atoms. The van der Waals surface area contributed by atoms with Crippen LogP contribution in [0.15, 0.2) is 24.3 Å². The third-order valence-electron chi connectivity index (χ3n) is 4.65. The van der Waals surface area contributed by atoms with E-state index in [1.807, 2.05) is 12.1 Å². The van der Waals surface area contributed by atoms with Crippen molar-refractivity contribution in [3.8, 4) is 0 Å². The number of hydrogen-bond donors (Lipinski definition) is 2. The second-order valence-corrected chi connectivity index (χ2v) is 5.76. The molecule has 2 nitrogen and oxygen atoms in total. The lowest BCUT2D eigenvalue weighted by Gasteiger charge is -2.36. The average Bonchev–Trinajstić information content (AvgIpc) is 2.93. The summed E-state index contributed by atoms with van der Waals surface area (Å²) >= 11 is 0. The standard InChI is InChI=1S/C16H24O2/c1-13-6-2-3-7-14(13)10-16(11-17,12-18)15-8-4-5-9-15/h2-3,6-7,15,17-18H,4-5,8-12H2,1H3. The number of aryl methyl sites for hydroxylation is 1. The first-order valence-electron chi connectivity index (χ1n) is 6.98. The van der Waals surface area contributed by atoms with Crippen LogP contribution in [0.2, 0.25) is 0 Å². The monoisotopic (exact) mass is 248 g/mol. The molecule has 0 amide bonds. The highest BCUT2D eigenvalue weighted by atomic mass is 16.3. The summed E-state index contributed by atoms with van der Waals surface area (Å²) in [4.78, 5) is 0. The molecule has 0 aromatic heterocycles. The fourth-order valence-corrected chi connectivity index (χ4v) is 3.29. The molecule has 0 atom stereocenters. The van der Waals surface area contributed by atoms with Crippen LogP contribution in [0.5, 0.6) is 0 Å². The van der Waals surface area contributed by atoms with Gasteiger partial charge in [-0.05, 0) is 43.2 Å². The molecule has 0 spiro atoms. The van der Waals surface area contributed by atoms with Crippen LogP contribution in [0.25, 0.3) is 0 Å². The minimum Gasteiger partial charge on any atom is -0.396 e. The van der Waals surface area contributed by atoms with Crippen LogP contribution < -0.4 is 0 Å². The number of hydrogen-bond acceptors (Lipinski definition) is 2. The van der Waals surface area contributed by atoms with E-state index in [9.17, 15) is 10.2 Å². The van der Waals surface area contributed by atoms with Crippen molar-refractivity contribution in [3.63, 3.8) is 0 Å². The molecular formula is C16H24O2. The van der Waals surface area contributed by atoms with Gasteiger partial charge in [0.1, 0.15) is 0 Å². The Morgan fingerprint density at radius 2 is 1.72 bits per heavy atom. The Bertz CT molecular complexity index is 376. The molecule has 0 unspecified atom stereocenters. The molecule has 1 aromatic rings. The van der Waals surface area contributed by atoms with Gasteiger partial charge in [0.15, 0.2) is 0 Å². The highest BCUT2D eigenvalue weighted by molar-refractivity contribution is 5.27. The summed E-state index contributed by atoms with van der Waals surface area (Å²) in [6.07, 6.45) is 5.55. The SMILES string of the molecule is Cc1ccccc1CC(CO)(CO)C1CCCC1. The summed E-state index contributed by atoms with van der Waals surface area (Å²) < 4.78 is 0. The number of aliphatic hydroxyl groups excluding tert-OH is 2. The Kier molecular flexibility index (Phi) is 4.41. The van der Waals surface area contributed by atoms with Crippen molar-refractivity contribution in [2.24, 2.45) is 11.3 Å². The topological polar surface area (TPSA) is 40.5 Å². The smallest absolute Gasteiger partial charge is 0.0515 e. The fourth-order valence-electron chi connectivity index (χ4n) is 3.29. The summed E-state index contributed by atoms with van der Waals surface area (Å²) in [6.45, 7) is 2.27. The summed E-state index contributed by atoms with van der Waals surface area (Å²) in [5.74, 6) is 0.465. The van der Waals surface area contributed by atoms with Gasteiger partial charge in [0, 0.05) is 5.41 Å². The van der Waals surface area contributed by atoms with E-state index >= 15 is 0 Å². The number of aliphatic hydroxyl groups is 2. The van der Waals surface area contributed by atoms with Gasteiger partial charge in [-0.1, -0.05) is 37.1 Å². The lowest BCUT2D eigenvalue weighted by atomic mass is 9.71. The van der Waals surface area contributed by atoms with E-state index in [0.717, 1.165) is 19.3 Å². The average molecular weight is 248 g/mol. The third kappa shape index (κ3) is 2.60. The predicted octanol–water partition coefficient (Wildman–Crippen LogP) is 2.70. The van der Waals surface area contributed by atoms with Gasteiger partial charge in [0.05, 0.1) is 13.2 Å². The molecule has 2 rings (SSSR count). The van der Waals surface area contributed by atoms with Gasteiger partial charge in [-0.15, -0.1) is 0 Å². The Labute approximate surface area is 110 Å². The summed E-state index contributed by atoms with van der Waals surface area (Å²) in [7, 11) is 0. The molecular weight excluding hydrogens is 224 g/mol. The molecule has 2 heteroatoms. The van der Waals surface area contributed by atoms with Crippen LogP contribution in [-0.4, -0.2) is 23.4 Å². The molecule has 0 radical (unpaired) electrons. The van der Waals surface area contributed by atoms with Crippen molar-refractivity contribution in [1.82, 2.24) is 0 Å². The fraction of sp³-hybridized carbons (Fsp3) is 0.625. The maximum atomic E-state index is 9.83. The molecule has 1 fully saturated rings. The zero-order valence-corrected chi connectivity index (χ0v) is 11.2. The maximum absolute atomic E-state index is 9.83. The zero-order valence-electron chi connectivity index (χ0n) is 11.2. The highest BCUT2D eigenvalue weighted by Crippen LogP contribution is 2.42. The molecule has 0 bridgehead atoms. The van der Waals surface area contributed by atoms with Gasteiger partial charge < -0.3 is 10.2 Å². The molecule has 1 aliphatic rings. The first kappa shape index (κ1) is 13.6. The van der Waals surface area contributed by atoms with Gasteiger partial charge >= 0.3 is 0 Å². The Morgan fingerprint density at radius 1 is 1.11 bits per heavy atom. The first-order chi connectivity index (χ1) is 8.72. The Morgan fingerprint density at radius 3 is 2.28 bits per heavy atom. The second-order valence-electron chi connectivity index (χ2n) is 5.76. The summed E-state index contributed by atoms with van der Waals surface area (Å²) in [5, 5.41) is 19.7. The van der Waals surface area contributed by atoms with Gasteiger partial charge in [0.25, 0.3) is 0 Å². The van der Waals surface area contributed by atoms with E-state index in [-0.39, 0.29) is 18.6 Å². The maximum Gasteiger partial charge on any atom is 0.0515 e. The largest absolute Gasteiger partial charge is 0.396 e. The molecule has 0 aliphatic heterocycles. The van der Waals surface area contributed by atoms with E-state index < -0.39 is 0 Å². The van der Waals surface area contributed by atoms with Crippen molar-refractivity contribution in [2.45, 2.75) is 39.0 Å². The first-order valence-corrected chi connectivity index (χ1v) is 6.98. The number of rotatable bonds is 5. The molecule has 1 saturated carbocycles. The normalized spacial score (nSPS) is 17.3. The minimum absolute atomic E-state index is 0.0858. The Balaban J connectivity index is 2.22. The zero-order chi connectivity index (χ0) is 13.0. The third-order valence-corrected chi connectivity index (χ3v) is 4.65. The Hall–Kier alpha value is -0.860. The van der Waals surface area contributed by atoms with Crippen LogP contribution in [0.3, 0.4) is 0 Å². The predicted molar refractivity (Wildman–Crippen MR) is 73.4 cm³/mol. The number of benzene rings is 1. The van der Waals surface area contributed by atoms with Crippen molar-refractivity contribution < 1.29 is 10.2 Å². The van der Waals surface area contributed by atoms with E-state index in [0.29, 0.717) is 5.92 Å². The van der Waals surface area contributed by atoms with Crippen LogP contribution in [0.4, 0.5) is 0 Å². The second kappa shape index (κ2) is 5.85. The van der Waals surface area contributed by atoms with Gasteiger partial charge in [-0.25, -0.2) is 0 Å². The van der Waals surface area contributed by atoms with E-state index in [1.165, 1.54) is 24.0 Å². The van der Waals surface area contributed by atoms with E-state index in [4.69, 9.17) is 0 Å². The lowest BCUT2D eigenvalue weighted by molar-refractivity contribution is 0.00561. The lowest BCUT2D eigenvalue weighted by Crippen LogP contribution is -2.39. The highest BCUT2D eigenvalue weighted by Gasteiger charge is 2.39. The molecule has 0 saturated heterocycles. The van der Waals surface area contributed by atoms with Crippen molar-refractivity contribution in [1.29, 1.82) is 0 Å². The van der Waals surface area contributed by atoms with Gasteiger partial charge in [0.2, 0.25) is 0 Å². The van der Waals surface area contributed by atoms with Crippen LogP contribution in [0, 0.1) is 18.3 Å². The quantitative estimate of drug-likeness (QED) is 0.841. The van der Waals surface area contributed by atoms with Crippen LogP contribution >= 0.6 is 0 Å². The molecule has 2 N–H and O–H groups in total. The summed E-state index contributed by atoms with van der Waals surface area (Å²) in [5.41, 5.74) is 2.18. The van der Waals surface area contributed by atoms with E-state index in [1.54, 1.807) is 0 Å². The van der Waals surface area contributed by atoms with Crippen molar-refractivity contribution in [3.05, 3.63) is 35.4 Å². The summed E-state index contributed by atoms with van der Waals surface area (Å²) in [6, 6.07) is 8.29. The van der Waals surface area contributed by atoms with Crippen LogP contribution in [0.1, 0.15) is 36.8 Å². The van der Waals surface area contributed by atoms with Gasteiger partial charge in [-0.3, -0.25) is 0 Å². The minimum atomic E-state index is -0.331. The molecule has 1 aliphatic carbocycles. The van der Waals surface area contributed by atoms with Crippen molar-refractivity contribution in [2.75, 3.05) is 13.2 Å². The molecule has 1 aromatic carbocycles. The van der Waals surface area contributed by atoms with Crippen LogP contribution in [-0.2, 0) is 6.42 Å². The molecule has 0 heterocycles.